The van der Waals surface area contributed by atoms with Crippen LogP contribution >= 0.6 is 23.4 Å². The van der Waals surface area contributed by atoms with Gasteiger partial charge in [-0.3, -0.25) is 4.79 Å². The highest BCUT2D eigenvalue weighted by molar-refractivity contribution is 7.98. The smallest absolute Gasteiger partial charge is 0.287 e. The largest absolute Gasteiger partial charge is 0.394 e. The van der Waals surface area contributed by atoms with E-state index < -0.39 is 0 Å². The maximum atomic E-state index is 11.8. The van der Waals surface area contributed by atoms with Crippen LogP contribution in [0.25, 0.3) is 0 Å². The Kier molecular flexibility index (Phi) is 8.73. The number of hydrogen-bond acceptors (Lipinski definition) is 5. The molecule has 1 aromatic heterocycles. The third kappa shape index (κ3) is 5.73. The van der Waals surface area contributed by atoms with Gasteiger partial charge in [0.15, 0.2) is 0 Å². The van der Waals surface area contributed by atoms with Gasteiger partial charge in [0.25, 0.3) is 5.56 Å². The average Bonchev–Trinajstić information content (AvgIpc) is 2.45. The van der Waals surface area contributed by atoms with Gasteiger partial charge in [0.05, 0.1) is 25.0 Å². The molecule has 1 rings (SSSR count). The lowest BCUT2D eigenvalue weighted by molar-refractivity contribution is 0.266. The number of nitrogens with one attached hydrogen (secondary N) is 1. The van der Waals surface area contributed by atoms with Gasteiger partial charge in [0.1, 0.15) is 5.02 Å². The summed E-state index contributed by atoms with van der Waals surface area (Å²) in [6.07, 6.45) is 8.35. The Hall–Kier alpha value is -0.720. The number of hydrogen-bond donors (Lipinski definition) is 2. The molecule has 0 spiro atoms. The second-order valence-corrected chi connectivity index (χ2v) is 5.82. The standard InChI is InChI=1S/C13H22ClN3O2S/c1-20-9-5-3-2-4-6-15-11-10-16-17(7-8-18)13(19)12(11)14/h10,15,18H,2-9H2,1H3. The van der Waals surface area contributed by atoms with Crippen LogP contribution in [-0.4, -0.2) is 40.0 Å². The molecule has 2 N–H and O–H groups in total. The Balaban J connectivity index is 2.37. The molecule has 0 saturated heterocycles. The Bertz CT molecular complexity index is 454. The van der Waals surface area contributed by atoms with Crippen LogP contribution in [0.5, 0.6) is 0 Å². The molecule has 0 aliphatic rings. The first-order valence-corrected chi connectivity index (χ1v) is 8.57. The monoisotopic (exact) mass is 319 g/mol. The molecule has 1 aromatic rings. The zero-order chi connectivity index (χ0) is 14.8. The molecule has 0 aliphatic heterocycles. The summed E-state index contributed by atoms with van der Waals surface area (Å²) in [6.45, 7) is 0.810. The number of thioether (sulfide) groups is 1. The van der Waals surface area contributed by atoms with Gasteiger partial charge in [-0.25, -0.2) is 4.68 Å². The van der Waals surface area contributed by atoms with Crippen molar-refractivity contribution in [2.45, 2.75) is 32.2 Å². The number of aliphatic hydroxyl groups is 1. The van der Waals surface area contributed by atoms with Crippen LogP contribution in [0, 0.1) is 0 Å². The molecule has 0 radical (unpaired) electrons. The van der Waals surface area contributed by atoms with Gasteiger partial charge in [-0.15, -0.1) is 0 Å². The average molecular weight is 320 g/mol. The molecule has 5 nitrogen and oxygen atoms in total. The van der Waals surface area contributed by atoms with Crippen LogP contribution in [0.2, 0.25) is 5.02 Å². The molecule has 20 heavy (non-hydrogen) atoms. The molecule has 0 saturated carbocycles. The maximum absolute atomic E-state index is 11.8. The molecule has 1 heterocycles. The number of nitrogens with zero attached hydrogens (tertiary/aromatic N) is 2. The Morgan fingerprint density at radius 2 is 2.15 bits per heavy atom. The highest BCUT2D eigenvalue weighted by Gasteiger charge is 2.08. The van der Waals surface area contributed by atoms with Gasteiger partial charge >= 0.3 is 0 Å². The quantitative estimate of drug-likeness (QED) is 0.647. The van der Waals surface area contributed by atoms with Gasteiger partial charge in [-0.05, 0) is 24.9 Å². The summed E-state index contributed by atoms with van der Waals surface area (Å²) in [5.41, 5.74) is 0.195. The van der Waals surface area contributed by atoms with Crippen molar-refractivity contribution in [3.8, 4) is 0 Å². The lowest BCUT2D eigenvalue weighted by Crippen LogP contribution is -2.25. The van der Waals surface area contributed by atoms with E-state index in [2.05, 4.69) is 16.7 Å². The zero-order valence-electron chi connectivity index (χ0n) is 11.8. The SMILES string of the molecule is CSCCCCCCNc1cnn(CCO)c(=O)c1Cl. The fraction of sp³-hybridized carbons (Fsp3) is 0.692. The molecular formula is C13H22ClN3O2S. The van der Waals surface area contributed by atoms with E-state index in [4.69, 9.17) is 16.7 Å². The van der Waals surface area contributed by atoms with E-state index in [1.165, 1.54) is 31.2 Å². The highest BCUT2D eigenvalue weighted by Crippen LogP contribution is 2.15. The lowest BCUT2D eigenvalue weighted by Gasteiger charge is -2.09. The van der Waals surface area contributed by atoms with Gasteiger partial charge in [0, 0.05) is 6.54 Å². The third-order valence-corrected chi connectivity index (χ3v) is 3.95. The predicted octanol–water partition coefficient (Wildman–Crippen LogP) is 2.22. The normalized spacial score (nSPS) is 10.8. The van der Waals surface area contributed by atoms with Crippen LogP contribution in [0.1, 0.15) is 25.7 Å². The summed E-state index contributed by atoms with van der Waals surface area (Å²) in [6, 6.07) is 0. The molecule has 0 unspecified atom stereocenters. The van der Waals surface area contributed by atoms with E-state index in [0.29, 0.717) is 5.69 Å². The summed E-state index contributed by atoms with van der Waals surface area (Å²) in [4.78, 5) is 11.8. The van der Waals surface area contributed by atoms with Crippen molar-refractivity contribution in [2.75, 3.05) is 30.5 Å². The summed E-state index contributed by atoms with van der Waals surface area (Å²) in [7, 11) is 0. The van der Waals surface area contributed by atoms with Crippen LogP contribution < -0.4 is 10.9 Å². The van der Waals surface area contributed by atoms with Crippen molar-refractivity contribution >= 4 is 29.1 Å². The minimum atomic E-state index is -0.370. The van der Waals surface area contributed by atoms with Crippen molar-refractivity contribution in [3.63, 3.8) is 0 Å². The predicted molar refractivity (Wildman–Crippen MR) is 85.9 cm³/mol. The summed E-state index contributed by atoms with van der Waals surface area (Å²) >= 11 is 7.87. The molecule has 0 aliphatic carbocycles. The van der Waals surface area contributed by atoms with Gasteiger partial charge in [0.2, 0.25) is 0 Å². The summed E-state index contributed by atoms with van der Waals surface area (Å²) < 4.78 is 1.16. The topological polar surface area (TPSA) is 67.2 Å². The van der Waals surface area contributed by atoms with E-state index in [1.807, 2.05) is 11.8 Å². The van der Waals surface area contributed by atoms with E-state index in [1.54, 1.807) is 0 Å². The molecule has 0 fully saturated rings. The number of aromatic nitrogens is 2. The van der Waals surface area contributed by atoms with Crippen molar-refractivity contribution in [1.29, 1.82) is 0 Å². The van der Waals surface area contributed by atoms with Crippen LogP contribution in [0.3, 0.4) is 0 Å². The molecule has 0 bridgehead atoms. The van der Waals surface area contributed by atoms with Crippen molar-refractivity contribution < 1.29 is 5.11 Å². The minimum Gasteiger partial charge on any atom is -0.394 e. The van der Waals surface area contributed by atoms with Gasteiger partial charge in [-0.1, -0.05) is 24.4 Å². The number of rotatable bonds is 10. The van der Waals surface area contributed by atoms with E-state index in [0.717, 1.165) is 17.6 Å². The van der Waals surface area contributed by atoms with Crippen molar-refractivity contribution in [1.82, 2.24) is 9.78 Å². The highest BCUT2D eigenvalue weighted by atomic mass is 35.5. The van der Waals surface area contributed by atoms with E-state index in [9.17, 15) is 4.79 Å². The van der Waals surface area contributed by atoms with Crippen LogP contribution in [0.4, 0.5) is 5.69 Å². The first kappa shape index (κ1) is 17.3. The second kappa shape index (κ2) is 10.1. The molecule has 7 heteroatoms. The zero-order valence-corrected chi connectivity index (χ0v) is 13.3. The molecule has 0 amide bonds. The molecule has 114 valence electrons. The number of aliphatic hydroxyl groups excluding tert-OH is 1. The third-order valence-electron chi connectivity index (χ3n) is 2.89. The fourth-order valence-electron chi connectivity index (χ4n) is 1.79. The molecule has 0 atom stereocenters. The first-order valence-electron chi connectivity index (χ1n) is 6.80. The Labute approximate surface area is 128 Å². The summed E-state index contributed by atoms with van der Waals surface area (Å²) in [5, 5.41) is 16.0. The van der Waals surface area contributed by atoms with E-state index in [-0.39, 0.29) is 23.7 Å². The summed E-state index contributed by atoms with van der Waals surface area (Å²) in [5.74, 6) is 1.21. The molecule has 0 aromatic carbocycles. The van der Waals surface area contributed by atoms with E-state index >= 15 is 0 Å². The minimum absolute atomic E-state index is 0.133. The Morgan fingerprint density at radius 1 is 1.40 bits per heavy atom. The lowest BCUT2D eigenvalue weighted by atomic mass is 10.2. The number of unbranched alkanes of at least 4 members (excludes halogenated alkanes) is 3. The first-order chi connectivity index (χ1) is 9.70. The van der Waals surface area contributed by atoms with Crippen LogP contribution in [0.15, 0.2) is 11.0 Å². The maximum Gasteiger partial charge on any atom is 0.287 e. The van der Waals surface area contributed by atoms with Gasteiger partial charge in [-0.2, -0.15) is 16.9 Å². The van der Waals surface area contributed by atoms with Gasteiger partial charge < -0.3 is 10.4 Å². The van der Waals surface area contributed by atoms with Crippen molar-refractivity contribution in [3.05, 3.63) is 21.6 Å². The number of anilines is 1. The number of halogens is 1. The fourth-order valence-corrected chi connectivity index (χ4v) is 2.50. The van der Waals surface area contributed by atoms with Crippen molar-refractivity contribution in [2.24, 2.45) is 0 Å². The van der Waals surface area contributed by atoms with Crippen LogP contribution in [-0.2, 0) is 6.54 Å². The molecular weight excluding hydrogens is 298 g/mol. The second-order valence-electron chi connectivity index (χ2n) is 4.46. The Morgan fingerprint density at radius 3 is 2.85 bits per heavy atom.